The molecule has 1 rings (SSSR count). The lowest BCUT2D eigenvalue weighted by molar-refractivity contribution is 0.564. The van der Waals surface area contributed by atoms with Crippen molar-refractivity contribution in [3.8, 4) is 6.07 Å². The molecule has 58 valence electrons. The number of nitrogens with zero attached hydrogens (tertiary/aromatic N) is 2. The summed E-state index contributed by atoms with van der Waals surface area (Å²) in [5.74, 6) is 0. The second kappa shape index (κ2) is 3.06. The molecule has 0 aliphatic rings. The lowest BCUT2D eigenvalue weighted by atomic mass is 10.4. The van der Waals surface area contributed by atoms with Crippen LogP contribution in [0.2, 0.25) is 0 Å². The molecule has 0 aromatic carbocycles. The molecule has 4 nitrogen and oxygen atoms in total. The Kier molecular flexibility index (Phi) is 2.12. The minimum atomic E-state index is 0.264. The summed E-state index contributed by atoms with van der Waals surface area (Å²) in [6.07, 6.45) is 1.32. The maximum Gasteiger partial charge on any atom is 0.296 e. The summed E-state index contributed by atoms with van der Waals surface area (Å²) in [6.45, 7) is 3.94. The second-order valence-electron chi connectivity index (χ2n) is 2.45. The van der Waals surface area contributed by atoms with E-state index >= 15 is 0 Å². The van der Waals surface area contributed by atoms with Crippen molar-refractivity contribution < 1.29 is 4.42 Å². The Labute approximate surface area is 64.8 Å². The van der Waals surface area contributed by atoms with Crippen molar-refractivity contribution in [2.75, 3.05) is 5.32 Å². The first-order chi connectivity index (χ1) is 5.22. The number of hydrogen-bond acceptors (Lipinski definition) is 4. The first kappa shape index (κ1) is 7.61. The third kappa shape index (κ3) is 1.97. The lowest BCUT2D eigenvalue weighted by Crippen LogP contribution is -2.09. The van der Waals surface area contributed by atoms with Crippen molar-refractivity contribution in [2.45, 2.75) is 19.9 Å². The lowest BCUT2D eigenvalue weighted by Gasteiger charge is -2.02. The molecule has 0 saturated heterocycles. The van der Waals surface area contributed by atoms with Crippen LogP contribution in [-0.2, 0) is 0 Å². The highest BCUT2D eigenvalue weighted by Crippen LogP contribution is 2.06. The quantitative estimate of drug-likeness (QED) is 0.693. The molecule has 4 heteroatoms. The summed E-state index contributed by atoms with van der Waals surface area (Å²) in [4.78, 5) is 3.83. The van der Waals surface area contributed by atoms with Crippen molar-refractivity contribution in [1.29, 1.82) is 5.26 Å². The number of oxazole rings is 1. The molecular formula is C7H9N3O. The number of aromatic nitrogens is 1. The number of nitriles is 1. The Bertz CT molecular complexity index is 271. The zero-order valence-electron chi connectivity index (χ0n) is 6.46. The average molecular weight is 151 g/mol. The highest BCUT2D eigenvalue weighted by atomic mass is 16.4. The van der Waals surface area contributed by atoms with Crippen LogP contribution in [0.3, 0.4) is 0 Å². The van der Waals surface area contributed by atoms with Crippen LogP contribution in [0, 0.1) is 11.3 Å². The minimum absolute atomic E-state index is 0.264. The predicted octanol–water partition coefficient (Wildman–Crippen LogP) is 1.37. The van der Waals surface area contributed by atoms with E-state index in [4.69, 9.17) is 9.68 Å². The molecule has 11 heavy (non-hydrogen) atoms. The molecule has 0 bridgehead atoms. The fourth-order valence-electron chi connectivity index (χ4n) is 0.638. The van der Waals surface area contributed by atoms with Gasteiger partial charge in [-0.3, -0.25) is 0 Å². The first-order valence-electron chi connectivity index (χ1n) is 3.34. The maximum absolute atomic E-state index is 8.38. The molecule has 1 heterocycles. The van der Waals surface area contributed by atoms with Crippen LogP contribution in [0.15, 0.2) is 10.7 Å². The molecule has 0 unspecified atom stereocenters. The summed E-state index contributed by atoms with van der Waals surface area (Å²) in [5.41, 5.74) is 0.299. The standard InChI is InChI=1S/C7H9N3O/c1-5(2)9-7-10-6(3-8)4-11-7/h4-5H,1-2H3,(H,9,10). The topological polar surface area (TPSA) is 61.9 Å². The molecule has 0 saturated carbocycles. The molecule has 0 fully saturated rings. The van der Waals surface area contributed by atoms with Crippen molar-refractivity contribution in [2.24, 2.45) is 0 Å². The van der Waals surface area contributed by atoms with Crippen LogP contribution < -0.4 is 5.32 Å². The predicted molar refractivity (Wildman–Crippen MR) is 40.0 cm³/mol. The van der Waals surface area contributed by atoms with E-state index in [-0.39, 0.29) is 6.04 Å². The van der Waals surface area contributed by atoms with Crippen LogP contribution in [0.4, 0.5) is 6.01 Å². The van der Waals surface area contributed by atoms with Crippen molar-refractivity contribution in [3.05, 3.63) is 12.0 Å². The van der Waals surface area contributed by atoms with E-state index < -0.39 is 0 Å². The molecule has 0 spiro atoms. The second-order valence-corrected chi connectivity index (χ2v) is 2.45. The normalized spacial score (nSPS) is 9.64. The average Bonchev–Trinajstić information content (AvgIpc) is 2.34. The van der Waals surface area contributed by atoms with Gasteiger partial charge in [-0.15, -0.1) is 0 Å². The maximum atomic E-state index is 8.38. The Morgan fingerprint density at radius 3 is 2.91 bits per heavy atom. The van der Waals surface area contributed by atoms with Gasteiger partial charge >= 0.3 is 0 Å². The van der Waals surface area contributed by atoms with E-state index in [0.29, 0.717) is 11.7 Å². The van der Waals surface area contributed by atoms with Gasteiger partial charge in [-0.1, -0.05) is 0 Å². The summed E-state index contributed by atoms with van der Waals surface area (Å²) in [5, 5.41) is 11.3. The fourth-order valence-corrected chi connectivity index (χ4v) is 0.638. The van der Waals surface area contributed by atoms with Gasteiger partial charge < -0.3 is 9.73 Å². The Morgan fingerprint density at radius 1 is 1.73 bits per heavy atom. The number of nitrogens with one attached hydrogen (secondary N) is 1. The zero-order valence-corrected chi connectivity index (χ0v) is 6.46. The monoisotopic (exact) mass is 151 g/mol. The molecule has 1 aromatic heterocycles. The summed E-state index contributed by atoms with van der Waals surface area (Å²) in [7, 11) is 0. The summed E-state index contributed by atoms with van der Waals surface area (Å²) < 4.78 is 4.92. The summed E-state index contributed by atoms with van der Waals surface area (Å²) >= 11 is 0. The smallest absolute Gasteiger partial charge is 0.296 e. The number of rotatable bonds is 2. The van der Waals surface area contributed by atoms with Gasteiger partial charge in [-0.05, 0) is 13.8 Å². The number of hydrogen-bond donors (Lipinski definition) is 1. The van der Waals surface area contributed by atoms with Gasteiger partial charge in [0.2, 0.25) is 0 Å². The van der Waals surface area contributed by atoms with E-state index in [2.05, 4.69) is 10.3 Å². The van der Waals surface area contributed by atoms with Crippen molar-refractivity contribution >= 4 is 6.01 Å². The van der Waals surface area contributed by atoms with E-state index in [1.165, 1.54) is 6.26 Å². The van der Waals surface area contributed by atoms with Gasteiger partial charge in [-0.2, -0.15) is 10.2 Å². The largest absolute Gasteiger partial charge is 0.431 e. The Morgan fingerprint density at radius 2 is 2.45 bits per heavy atom. The van der Waals surface area contributed by atoms with Crippen LogP contribution >= 0.6 is 0 Å². The van der Waals surface area contributed by atoms with Crippen LogP contribution in [-0.4, -0.2) is 11.0 Å². The Hall–Kier alpha value is -1.50. The first-order valence-corrected chi connectivity index (χ1v) is 3.34. The van der Waals surface area contributed by atoms with Crippen LogP contribution in [0.1, 0.15) is 19.5 Å². The van der Waals surface area contributed by atoms with Gasteiger partial charge in [0.25, 0.3) is 6.01 Å². The van der Waals surface area contributed by atoms with E-state index in [9.17, 15) is 0 Å². The molecule has 1 aromatic rings. The van der Waals surface area contributed by atoms with Gasteiger partial charge in [0.15, 0.2) is 5.69 Å². The molecular weight excluding hydrogens is 142 g/mol. The van der Waals surface area contributed by atoms with Gasteiger partial charge in [0.05, 0.1) is 0 Å². The van der Waals surface area contributed by atoms with E-state index in [1.807, 2.05) is 19.9 Å². The Balaban J connectivity index is 2.67. The van der Waals surface area contributed by atoms with E-state index in [1.54, 1.807) is 0 Å². The highest BCUT2D eigenvalue weighted by Gasteiger charge is 2.02. The van der Waals surface area contributed by atoms with Gasteiger partial charge in [-0.25, -0.2) is 0 Å². The van der Waals surface area contributed by atoms with Crippen molar-refractivity contribution in [1.82, 2.24) is 4.98 Å². The highest BCUT2D eigenvalue weighted by molar-refractivity contribution is 5.27. The molecule has 0 radical (unpaired) electrons. The molecule has 0 atom stereocenters. The fraction of sp³-hybridized carbons (Fsp3) is 0.429. The molecule has 0 amide bonds. The zero-order chi connectivity index (χ0) is 8.27. The third-order valence-electron chi connectivity index (χ3n) is 1.03. The van der Waals surface area contributed by atoms with Gasteiger partial charge in [0.1, 0.15) is 12.3 Å². The molecule has 1 N–H and O–H groups in total. The third-order valence-corrected chi connectivity index (χ3v) is 1.03. The molecule has 0 aliphatic heterocycles. The molecule has 0 aliphatic carbocycles. The van der Waals surface area contributed by atoms with Crippen molar-refractivity contribution in [3.63, 3.8) is 0 Å². The van der Waals surface area contributed by atoms with Crippen LogP contribution in [0.25, 0.3) is 0 Å². The van der Waals surface area contributed by atoms with E-state index in [0.717, 1.165) is 0 Å². The van der Waals surface area contributed by atoms with Gasteiger partial charge in [0, 0.05) is 6.04 Å². The summed E-state index contributed by atoms with van der Waals surface area (Å²) in [6, 6.07) is 2.54. The SMILES string of the molecule is CC(C)Nc1nc(C#N)co1. The number of anilines is 1. The minimum Gasteiger partial charge on any atom is -0.431 e. The van der Waals surface area contributed by atoms with Crippen LogP contribution in [0.5, 0.6) is 0 Å².